The Labute approximate surface area is 160 Å². The van der Waals surface area contributed by atoms with Gasteiger partial charge in [-0.1, -0.05) is 0 Å². The van der Waals surface area contributed by atoms with Gasteiger partial charge in [0.05, 0.1) is 17.7 Å². The number of amides is 2. The van der Waals surface area contributed by atoms with Crippen molar-refractivity contribution in [3.05, 3.63) is 29.3 Å². The fourth-order valence-electron chi connectivity index (χ4n) is 3.83. The molecule has 0 spiro atoms. The molecule has 1 unspecified atom stereocenters. The molecule has 1 atom stereocenters. The molecule has 0 aromatic heterocycles. The number of carbonyl (C=O) groups excluding carboxylic acids is 2. The number of benzene rings is 1. The van der Waals surface area contributed by atoms with Crippen LogP contribution >= 0.6 is 0 Å². The predicted octanol–water partition coefficient (Wildman–Crippen LogP) is 1.05. The van der Waals surface area contributed by atoms with Gasteiger partial charge < -0.3 is 15.1 Å². The van der Waals surface area contributed by atoms with Gasteiger partial charge in [0, 0.05) is 58.1 Å². The number of hydrogen-bond donors (Lipinski definition) is 1. The van der Waals surface area contributed by atoms with Crippen LogP contribution in [-0.4, -0.2) is 74.5 Å². The van der Waals surface area contributed by atoms with Crippen molar-refractivity contribution in [2.75, 3.05) is 45.7 Å². The smallest absolute Gasteiger partial charge is 0.251 e. The standard InChI is InChI=1S/C20H27N5O2/c1-23(2)17-11-14(13-21)10-15(12-17)19(26)22-16-4-8-25(9-5-16)18-6-7-24(3)20(18)27/h10-12,16,18H,4-9H2,1-3H3,(H,22,26). The number of anilines is 1. The van der Waals surface area contributed by atoms with Crippen LogP contribution < -0.4 is 10.2 Å². The Morgan fingerprint density at radius 2 is 1.89 bits per heavy atom. The Balaban J connectivity index is 1.59. The van der Waals surface area contributed by atoms with E-state index in [4.69, 9.17) is 0 Å². The molecule has 2 aliphatic heterocycles. The number of carbonyl (C=O) groups is 2. The molecule has 1 N–H and O–H groups in total. The topological polar surface area (TPSA) is 79.7 Å². The molecule has 27 heavy (non-hydrogen) atoms. The van der Waals surface area contributed by atoms with Crippen molar-refractivity contribution in [3.63, 3.8) is 0 Å². The lowest BCUT2D eigenvalue weighted by atomic mass is 10.0. The minimum Gasteiger partial charge on any atom is -0.378 e. The first-order valence-corrected chi connectivity index (χ1v) is 9.41. The summed E-state index contributed by atoms with van der Waals surface area (Å²) in [5.74, 6) is 0.0624. The minimum atomic E-state index is -0.148. The van der Waals surface area contributed by atoms with Crippen molar-refractivity contribution in [3.8, 4) is 6.07 Å². The monoisotopic (exact) mass is 369 g/mol. The van der Waals surface area contributed by atoms with Crippen molar-refractivity contribution in [2.24, 2.45) is 0 Å². The molecule has 3 rings (SSSR count). The summed E-state index contributed by atoms with van der Waals surface area (Å²) >= 11 is 0. The maximum absolute atomic E-state index is 12.7. The minimum absolute atomic E-state index is 0.00149. The summed E-state index contributed by atoms with van der Waals surface area (Å²) in [6.45, 7) is 2.45. The third-order valence-electron chi connectivity index (χ3n) is 5.53. The molecule has 2 saturated heterocycles. The van der Waals surface area contributed by atoms with Crippen LogP contribution in [0.4, 0.5) is 5.69 Å². The second-order valence-electron chi connectivity index (χ2n) is 7.62. The second kappa shape index (κ2) is 7.97. The maximum Gasteiger partial charge on any atom is 0.251 e. The van der Waals surface area contributed by atoms with E-state index in [1.165, 1.54) is 0 Å². The first-order valence-electron chi connectivity index (χ1n) is 9.41. The van der Waals surface area contributed by atoms with E-state index >= 15 is 0 Å². The zero-order valence-electron chi connectivity index (χ0n) is 16.2. The van der Waals surface area contributed by atoms with Gasteiger partial charge in [-0.15, -0.1) is 0 Å². The van der Waals surface area contributed by atoms with Crippen LogP contribution in [0.1, 0.15) is 35.2 Å². The molecular formula is C20H27N5O2. The summed E-state index contributed by atoms with van der Waals surface area (Å²) in [4.78, 5) is 30.8. The van der Waals surface area contributed by atoms with Gasteiger partial charge in [-0.2, -0.15) is 5.26 Å². The molecule has 1 aromatic rings. The van der Waals surface area contributed by atoms with Gasteiger partial charge in [0.1, 0.15) is 0 Å². The number of nitrogens with one attached hydrogen (secondary N) is 1. The summed E-state index contributed by atoms with van der Waals surface area (Å²) < 4.78 is 0. The third-order valence-corrected chi connectivity index (χ3v) is 5.53. The predicted molar refractivity (Wildman–Crippen MR) is 104 cm³/mol. The summed E-state index contributed by atoms with van der Waals surface area (Å²) in [6, 6.07) is 7.41. The number of hydrogen-bond acceptors (Lipinski definition) is 5. The molecule has 0 radical (unpaired) electrons. The van der Waals surface area contributed by atoms with Gasteiger partial charge in [0.25, 0.3) is 5.91 Å². The Morgan fingerprint density at radius 3 is 2.44 bits per heavy atom. The highest BCUT2D eigenvalue weighted by atomic mass is 16.2. The molecule has 7 nitrogen and oxygen atoms in total. The summed E-state index contributed by atoms with van der Waals surface area (Å²) in [6.07, 6.45) is 2.55. The Hall–Kier alpha value is -2.59. The van der Waals surface area contributed by atoms with Gasteiger partial charge in [0.15, 0.2) is 0 Å². The molecule has 0 saturated carbocycles. The fourth-order valence-corrected chi connectivity index (χ4v) is 3.83. The largest absolute Gasteiger partial charge is 0.378 e. The number of piperidine rings is 1. The van der Waals surface area contributed by atoms with Crippen molar-refractivity contribution < 1.29 is 9.59 Å². The van der Waals surface area contributed by atoms with E-state index in [0.29, 0.717) is 11.1 Å². The average molecular weight is 369 g/mol. The Morgan fingerprint density at radius 1 is 1.19 bits per heavy atom. The molecule has 0 aliphatic carbocycles. The molecule has 2 amide bonds. The highest BCUT2D eigenvalue weighted by Gasteiger charge is 2.35. The van der Waals surface area contributed by atoms with Crippen LogP contribution in [0.3, 0.4) is 0 Å². The molecule has 2 heterocycles. The van der Waals surface area contributed by atoms with Crippen LogP contribution in [0.15, 0.2) is 18.2 Å². The molecule has 2 fully saturated rings. The SMILES string of the molecule is CN1CCC(N2CCC(NC(=O)c3cc(C#N)cc(N(C)C)c3)CC2)C1=O. The van der Waals surface area contributed by atoms with Crippen LogP contribution in [0, 0.1) is 11.3 Å². The summed E-state index contributed by atoms with van der Waals surface area (Å²) in [7, 11) is 5.62. The van der Waals surface area contributed by atoms with Crippen LogP contribution in [0.25, 0.3) is 0 Å². The van der Waals surface area contributed by atoms with E-state index in [1.807, 2.05) is 26.0 Å². The lowest BCUT2D eigenvalue weighted by molar-refractivity contribution is -0.131. The average Bonchev–Trinajstić information content (AvgIpc) is 3.00. The molecule has 7 heteroatoms. The molecule has 0 bridgehead atoms. The third kappa shape index (κ3) is 4.22. The first kappa shape index (κ1) is 19.2. The maximum atomic E-state index is 12.7. The van der Waals surface area contributed by atoms with E-state index in [1.54, 1.807) is 23.1 Å². The van der Waals surface area contributed by atoms with E-state index in [0.717, 1.165) is 44.6 Å². The normalized spacial score (nSPS) is 21.2. The van der Waals surface area contributed by atoms with Crippen LogP contribution in [0.2, 0.25) is 0 Å². The molecular weight excluding hydrogens is 342 g/mol. The van der Waals surface area contributed by atoms with E-state index in [9.17, 15) is 14.9 Å². The van der Waals surface area contributed by atoms with E-state index in [2.05, 4.69) is 16.3 Å². The summed E-state index contributed by atoms with van der Waals surface area (Å²) in [5, 5.41) is 12.3. The number of likely N-dealkylation sites (N-methyl/N-ethyl adjacent to an activating group) is 1. The Kier molecular flexibility index (Phi) is 5.66. The second-order valence-corrected chi connectivity index (χ2v) is 7.62. The van der Waals surface area contributed by atoms with Crippen LogP contribution in [0.5, 0.6) is 0 Å². The van der Waals surface area contributed by atoms with E-state index in [-0.39, 0.29) is 23.9 Å². The van der Waals surface area contributed by atoms with Gasteiger partial charge in [-0.05, 0) is 37.5 Å². The van der Waals surface area contributed by atoms with E-state index < -0.39 is 0 Å². The van der Waals surface area contributed by atoms with Crippen molar-refractivity contribution in [2.45, 2.75) is 31.3 Å². The van der Waals surface area contributed by atoms with Gasteiger partial charge >= 0.3 is 0 Å². The van der Waals surface area contributed by atoms with Crippen molar-refractivity contribution in [1.29, 1.82) is 5.26 Å². The number of nitriles is 1. The van der Waals surface area contributed by atoms with Gasteiger partial charge in [-0.25, -0.2) is 0 Å². The molecule has 2 aliphatic rings. The van der Waals surface area contributed by atoms with Crippen molar-refractivity contribution in [1.82, 2.24) is 15.1 Å². The lowest BCUT2D eigenvalue weighted by Gasteiger charge is -2.35. The first-order chi connectivity index (χ1) is 12.9. The Bertz CT molecular complexity index is 762. The molecule has 144 valence electrons. The summed E-state index contributed by atoms with van der Waals surface area (Å²) in [5.41, 5.74) is 1.82. The quantitative estimate of drug-likeness (QED) is 0.858. The van der Waals surface area contributed by atoms with Gasteiger partial charge in [-0.3, -0.25) is 14.5 Å². The number of likely N-dealkylation sites (tertiary alicyclic amines) is 2. The highest BCUT2D eigenvalue weighted by molar-refractivity contribution is 5.95. The highest BCUT2D eigenvalue weighted by Crippen LogP contribution is 2.22. The fraction of sp³-hybridized carbons (Fsp3) is 0.550. The lowest BCUT2D eigenvalue weighted by Crippen LogP contribution is -2.50. The van der Waals surface area contributed by atoms with Gasteiger partial charge in [0.2, 0.25) is 5.91 Å². The zero-order valence-corrected chi connectivity index (χ0v) is 16.2. The zero-order chi connectivity index (χ0) is 19.6. The van der Waals surface area contributed by atoms with Crippen molar-refractivity contribution >= 4 is 17.5 Å². The number of nitrogens with zero attached hydrogens (tertiary/aromatic N) is 4. The van der Waals surface area contributed by atoms with Crippen LogP contribution in [-0.2, 0) is 4.79 Å². The number of rotatable bonds is 4. The molecule has 1 aromatic carbocycles.